The molecular formula is C9H21AlO. The quantitative estimate of drug-likeness (QED) is 0.620. The van der Waals surface area contributed by atoms with Gasteiger partial charge in [0.15, 0.2) is 17.4 Å². The van der Waals surface area contributed by atoms with Gasteiger partial charge in [0, 0.05) is 0 Å². The average molecular weight is 172 g/mol. The minimum absolute atomic E-state index is 0. The highest BCUT2D eigenvalue weighted by molar-refractivity contribution is 5.75. The molecule has 0 heterocycles. The van der Waals surface area contributed by atoms with Gasteiger partial charge in [0.1, 0.15) is 0 Å². The second-order valence-corrected chi connectivity index (χ2v) is 3.45. The van der Waals surface area contributed by atoms with Crippen LogP contribution in [-0.4, -0.2) is 28.1 Å². The third-order valence-corrected chi connectivity index (χ3v) is 3.03. The van der Waals surface area contributed by atoms with Crippen molar-refractivity contribution in [2.75, 3.05) is 0 Å². The van der Waals surface area contributed by atoms with Crippen molar-refractivity contribution in [3.63, 3.8) is 0 Å². The maximum absolute atomic E-state index is 9.96. The molecule has 11 heavy (non-hydrogen) atoms. The SMILES string of the molecule is CCC1CCCC1(O)CC.[AlH3]. The van der Waals surface area contributed by atoms with Crippen LogP contribution in [0.5, 0.6) is 0 Å². The lowest BCUT2D eigenvalue weighted by molar-refractivity contribution is -0.00241. The molecule has 0 amide bonds. The topological polar surface area (TPSA) is 20.2 Å². The van der Waals surface area contributed by atoms with Gasteiger partial charge >= 0.3 is 0 Å². The molecule has 0 aromatic carbocycles. The van der Waals surface area contributed by atoms with Crippen LogP contribution in [0.4, 0.5) is 0 Å². The first-order valence-corrected chi connectivity index (χ1v) is 4.45. The van der Waals surface area contributed by atoms with E-state index in [0.717, 1.165) is 19.3 Å². The summed E-state index contributed by atoms with van der Waals surface area (Å²) < 4.78 is 0. The number of hydrogen-bond donors (Lipinski definition) is 1. The van der Waals surface area contributed by atoms with E-state index in [-0.39, 0.29) is 23.0 Å². The van der Waals surface area contributed by atoms with Crippen molar-refractivity contribution in [3.05, 3.63) is 0 Å². The highest BCUT2D eigenvalue weighted by Crippen LogP contribution is 2.39. The molecule has 1 nitrogen and oxygen atoms in total. The van der Waals surface area contributed by atoms with E-state index in [2.05, 4.69) is 13.8 Å². The van der Waals surface area contributed by atoms with Gasteiger partial charge in [-0.3, -0.25) is 0 Å². The lowest BCUT2D eigenvalue weighted by Gasteiger charge is -2.27. The van der Waals surface area contributed by atoms with Crippen LogP contribution < -0.4 is 0 Å². The van der Waals surface area contributed by atoms with Crippen LogP contribution in [0.2, 0.25) is 0 Å². The Morgan fingerprint density at radius 3 is 2.45 bits per heavy atom. The van der Waals surface area contributed by atoms with Gasteiger partial charge in [-0.2, -0.15) is 0 Å². The smallest absolute Gasteiger partial charge is 0.187 e. The van der Waals surface area contributed by atoms with Crippen LogP contribution in [0.25, 0.3) is 0 Å². The molecule has 2 heteroatoms. The van der Waals surface area contributed by atoms with E-state index in [4.69, 9.17) is 0 Å². The molecule has 2 unspecified atom stereocenters. The maximum Gasteiger partial charge on any atom is 0.187 e. The molecule has 0 bridgehead atoms. The first-order valence-electron chi connectivity index (χ1n) is 4.45. The van der Waals surface area contributed by atoms with E-state index < -0.39 is 0 Å². The van der Waals surface area contributed by atoms with Gasteiger partial charge in [-0.25, -0.2) is 0 Å². The summed E-state index contributed by atoms with van der Waals surface area (Å²) in [5.74, 6) is 0.581. The zero-order valence-electron chi connectivity index (χ0n) is 7.06. The van der Waals surface area contributed by atoms with Crippen LogP contribution >= 0.6 is 0 Å². The molecule has 2 atom stereocenters. The minimum Gasteiger partial charge on any atom is -0.390 e. The Balaban J connectivity index is 0.000001000. The van der Waals surface area contributed by atoms with Gasteiger partial charge in [-0.1, -0.05) is 26.7 Å². The summed E-state index contributed by atoms with van der Waals surface area (Å²) in [6.45, 7) is 4.27. The summed E-state index contributed by atoms with van der Waals surface area (Å²) in [6.07, 6.45) is 5.57. The highest BCUT2D eigenvalue weighted by Gasteiger charge is 2.37. The normalized spacial score (nSPS) is 36.8. The minimum atomic E-state index is -0.297. The molecule has 0 spiro atoms. The molecule has 1 saturated carbocycles. The molecule has 1 rings (SSSR count). The van der Waals surface area contributed by atoms with Crippen LogP contribution in [0.1, 0.15) is 46.0 Å². The van der Waals surface area contributed by atoms with E-state index >= 15 is 0 Å². The fourth-order valence-corrected chi connectivity index (χ4v) is 2.18. The summed E-state index contributed by atoms with van der Waals surface area (Å²) >= 11 is 0. The molecule has 0 saturated heterocycles. The highest BCUT2D eigenvalue weighted by atomic mass is 27.0. The molecule has 66 valence electrons. The Bertz CT molecular complexity index is 116. The third-order valence-electron chi connectivity index (χ3n) is 3.03. The zero-order valence-corrected chi connectivity index (χ0v) is 7.06. The van der Waals surface area contributed by atoms with E-state index in [0.29, 0.717) is 5.92 Å². The largest absolute Gasteiger partial charge is 0.390 e. The van der Waals surface area contributed by atoms with Crippen molar-refractivity contribution in [1.82, 2.24) is 0 Å². The maximum atomic E-state index is 9.96. The van der Waals surface area contributed by atoms with Gasteiger partial charge in [0.25, 0.3) is 0 Å². The van der Waals surface area contributed by atoms with E-state index in [1.54, 1.807) is 0 Å². The monoisotopic (exact) mass is 172 g/mol. The Morgan fingerprint density at radius 1 is 1.45 bits per heavy atom. The molecule has 1 N–H and O–H groups in total. The van der Waals surface area contributed by atoms with Crippen molar-refractivity contribution >= 4 is 17.4 Å². The standard InChI is InChI=1S/C9H18O.Al.3H/c1-3-8-6-5-7-9(8,10)4-2;;;;/h8,10H,3-7H2,1-2H3;;;;. The van der Waals surface area contributed by atoms with Gasteiger partial charge in [-0.15, -0.1) is 0 Å². The molecule has 0 aromatic heterocycles. The second-order valence-electron chi connectivity index (χ2n) is 3.45. The predicted molar refractivity (Wildman–Crippen MR) is 52.8 cm³/mol. The fraction of sp³-hybridized carbons (Fsp3) is 1.00. The molecule has 1 aliphatic rings. The van der Waals surface area contributed by atoms with Crippen LogP contribution in [0.15, 0.2) is 0 Å². The van der Waals surface area contributed by atoms with Gasteiger partial charge in [0.2, 0.25) is 0 Å². The van der Waals surface area contributed by atoms with E-state index in [9.17, 15) is 5.11 Å². The number of aliphatic hydroxyl groups is 1. The Hall–Kier alpha value is 0.492. The summed E-state index contributed by atoms with van der Waals surface area (Å²) in [5.41, 5.74) is -0.297. The van der Waals surface area contributed by atoms with E-state index in [1.807, 2.05) is 0 Å². The second kappa shape index (κ2) is 4.50. The fourth-order valence-electron chi connectivity index (χ4n) is 2.18. The molecule has 0 aliphatic heterocycles. The van der Waals surface area contributed by atoms with Gasteiger partial charge in [-0.05, 0) is 25.2 Å². The van der Waals surface area contributed by atoms with E-state index in [1.165, 1.54) is 12.8 Å². The zero-order chi connectivity index (χ0) is 7.61. The molecule has 0 radical (unpaired) electrons. The average Bonchev–Trinajstić information content (AvgIpc) is 2.32. The van der Waals surface area contributed by atoms with Crippen molar-refractivity contribution in [1.29, 1.82) is 0 Å². The first kappa shape index (κ1) is 11.5. The lowest BCUT2D eigenvalue weighted by Crippen LogP contribution is -2.31. The lowest BCUT2D eigenvalue weighted by atomic mass is 9.87. The summed E-state index contributed by atoms with van der Waals surface area (Å²) in [6, 6.07) is 0. The van der Waals surface area contributed by atoms with Crippen LogP contribution in [-0.2, 0) is 0 Å². The molecular weight excluding hydrogens is 151 g/mol. The van der Waals surface area contributed by atoms with Gasteiger partial charge < -0.3 is 5.11 Å². The molecule has 1 fully saturated rings. The molecule has 0 aromatic rings. The van der Waals surface area contributed by atoms with Gasteiger partial charge in [0.05, 0.1) is 5.60 Å². The number of rotatable bonds is 2. The summed E-state index contributed by atoms with van der Waals surface area (Å²) in [4.78, 5) is 0. The van der Waals surface area contributed by atoms with Crippen molar-refractivity contribution in [3.8, 4) is 0 Å². The first-order chi connectivity index (χ1) is 4.73. The summed E-state index contributed by atoms with van der Waals surface area (Å²) in [5, 5.41) is 9.96. The summed E-state index contributed by atoms with van der Waals surface area (Å²) in [7, 11) is 0. The molecule has 1 aliphatic carbocycles. The van der Waals surface area contributed by atoms with Crippen molar-refractivity contribution in [2.24, 2.45) is 5.92 Å². The van der Waals surface area contributed by atoms with Crippen molar-refractivity contribution < 1.29 is 5.11 Å². The van der Waals surface area contributed by atoms with Crippen LogP contribution in [0, 0.1) is 5.92 Å². The van der Waals surface area contributed by atoms with Crippen LogP contribution in [0.3, 0.4) is 0 Å². The Labute approximate surface area is 80.3 Å². The Morgan fingerprint density at radius 2 is 2.09 bits per heavy atom. The predicted octanol–water partition coefficient (Wildman–Crippen LogP) is 1.15. The number of hydrogen-bond acceptors (Lipinski definition) is 1. The Kier molecular flexibility index (Phi) is 4.70. The van der Waals surface area contributed by atoms with Crippen molar-refractivity contribution in [2.45, 2.75) is 51.6 Å². The third kappa shape index (κ3) is 2.21.